The topological polar surface area (TPSA) is 75.7 Å². The van der Waals surface area contributed by atoms with Crippen LogP contribution in [0.1, 0.15) is 18.1 Å². The Bertz CT molecular complexity index is 894. The molecule has 0 fully saturated rings. The van der Waals surface area contributed by atoms with E-state index in [1.54, 1.807) is 36.4 Å². The number of rotatable bonds is 7. The van der Waals surface area contributed by atoms with Gasteiger partial charge in [-0.05, 0) is 50.1 Å². The Morgan fingerprint density at radius 3 is 2.50 bits per heavy atom. The van der Waals surface area contributed by atoms with Crippen LogP contribution in [-0.4, -0.2) is 33.7 Å². The highest BCUT2D eigenvalue weighted by Crippen LogP contribution is 2.25. The van der Waals surface area contributed by atoms with Crippen LogP contribution in [0.15, 0.2) is 42.5 Å². The molecule has 0 aromatic heterocycles. The zero-order valence-electron chi connectivity index (χ0n) is 15.4. The van der Waals surface area contributed by atoms with E-state index >= 15 is 0 Å². The van der Waals surface area contributed by atoms with Crippen LogP contribution in [0.3, 0.4) is 0 Å². The summed E-state index contributed by atoms with van der Waals surface area (Å²) in [6.07, 6.45) is 1.10. The maximum absolute atomic E-state index is 12.5. The first kappa shape index (κ1) is 19.8. The van der Waals surface area contributed by atoms with Crippen molar-refractivity contribution in [1.29, 1.82) is 0 Å². The van der Waals surface area contributed by atoms with Gasteiger partial charge >= 0.3 is 0 Å². The fourth-order valence-corrected chi connectivity index (χ4v) is 3.45. The fourth-order valence-electron chi connectivity index (χ4n) is 2.55. The summed E-state index contributed by atoms with van der Waals surface area (Å²) in [5.41, 5.74) is 2.84. The van der Waals surface area contributed by atoms with Crippen LogP contribution in [0.4, 0.5) is 11.4 Å². The van der Waals surface area contributed by atoms with Crippen LogP contribution >= 0.6 is 0 Å². The zero-order chi connectivity index (χ0) is 19.3. The second kappa shape index (κ2) is 8.23. The van der Waals surface area contributed by atoms with Crippen molar-refractivity contribution in [3.8, 4) is 5.75 Å². The molecule has 0 unspecified atom stereocenters. The van der Waals surface area contributed by atoms with Gasteiger partial charge in [-0.25, -0.2) is 8.42 Å². The number of nitrogens with one attached hydrogen (secondary N) is 1. The molecule has 1 N–H and O–H groups in total. The van der Waals surface area contributed by atoms with Gasteiger partial charge in [-0.3, -0.25) is 9.10 Å². The number of carbonyl (C=O) groups excluding carboxylic acids is 1. The van der Waals surface area contributed by atoms with Crippen LogP contribution < -0.4 is 14.4 Å². The number of benzene rings is 2. The van der Waals surface area contributed by atoms with Crippen LogP contribution in [0.2, 0.25) is 0 Å². The van der Waals surface area contributed by atoms with E-state index in [0.717, 1.165) is 21.7 Å². The Morgan fingerprint density at radius 2 is 1.85 bits per heavy atom. The Labute approximate surface area is 154 Å². The molecule has 140 valence electrons. The van der Waals surface area contributed by atoms with Crippen molar-refractivity contribution < 1.29 is 17.9 Å². The minimum absolute atomic E-state index is 0.304. The highest BCUT2D eigenvalue weighted by molar-refractivity contribution is 7.92. The van der Waals surface area contributed by atoms with Gasteiger partial charge in [-0.1, -0.05) is 18.2 Å². The normalized spacial score (nSPS) is 11.1. The summed E-state index contributed by atoms with van der Waals surface area (Å²) >= 11 is 0. The highest BCUT2D eigenvalue weighted by atomic mass is 32.2. The lowest BCUT2D eigenvalue weighted by molar-refractivity contribution is -0.114. The molecular formula is C19H24N2O4S. The first-order valence-corrected chi connectivity index (χ1v) is 10.1. The predicted molar refractivity (Wildman–Crippen MR) is 104 cm³/mol. The van der Waals surface area contributed by atoms with Crippen LogP contribution in [0.25, 0.3) is 0 Å². The molecule has 2 rings (SSSR count). The van der Waals surface area contributed by atoms with Gasteiger partial charge in [0.2, 0.25) is 15.9 Å². The molecule has 0 aliphatic carbocycles. The molecule has 2 aromatic carbocycles. The fraction of sp³-hybridized carbons (Fsp3) is 0.316. The van der Waals surface area contributed by atoms with E-state index in [-0.39, 0.29) is 6.54 Å². The number of aryl methyl sites for hydroxylation is 1. The quantitative estimate of drug-likeness (QED) is 0.806. The summed E-state index contributed by atoms with van der Waals surface area (Å²) in [6, 6.07) is 12.4. The molecule has 0 atom stereocenters. The van der Waals surface area contributed by atoms with E-state index in [0.29, 0.717) is 23.7 Å². The van der Waals surface area contributed by atoms with Crippen molar-refractivity contribution in [2.24, 2.45) is 0 Å². The second-order valence-corrected chi connectivity index (χ2v) is 7.90. The second-order valence-electron chi connectivity index (χ2n) is 6.00. The van der Waals surface area contributed by atoms with Crippen molar-refractivity contribution in [2.45, 2.75) is 20.8 Å². The summed E-state index contributed by atoms with van der Waals surface area (Å²) in [6.45, 7) is 5.83. The molecule has 7 heteroatoms. The first-order chi connectivity index (χ1) is 12.2. The first-order valence-electron chi connectivity index (χ1n) is 8.29. The maximum Gasteiger partial charge on any atom is 0.245 e. The van der Waals surface area contributed by atoms with Crippen LogP contribution in [0, 0.1) is 13.8 Å². The van der Waals surface area contributed by atoms with E-state index in [4.69, 9.17) is 4.74 Å². The SMILES string of the molecule is CCOc1cccc(NC(=O)CN(c2cccc(C)c2C)S(C)(=O)=O)c1. The third-order valence-corrected chi connectivity index (χ3v) is 5.09. The number of sulfonamides is 1. The lowest BCUT2D eigenvalue weighted by Gasteiger charge is -2.24. The van der Waals surface area contributed by atoms with Crippen molar-refractivity contribution >= 4 is 27.3 Å². The molecular weight excluding hydrogens is 352 g/mol. The predicted octanol–water partition coefficient (Wildman–Crippen LogP) is 3.11. The smallest absolute Gasteiger partial charge is 0.245 e. The number of nitrogens with zero attached hydrogens (tertiary/aromatic N) is 1. The number of ether oxygens (including phenoxy) is 1. The summed E-state index contributed by atoms with van der Waals surface area (Å²) in [5, 5.41) is 2.72. The van der Waals surface area contributed by atoms with Crippen molar-refractivity contribution in [3.05, 3.63) is 53.6 Å². The van der Waals surface area contributed by atoms with E-state index in [1.165, 1.54) is 0 Å². The van der Waals surface area contributed by atoms with Crippen LogP contribution in [-0.2, 0) is 14.8 Å². The summed E-state index contributed by atoms with van der Waals surface area (Å²) in [4.78, 5) is 12.5. The molecule has 0 aliphatic heterocycles. The van der Waals surface area contributed by atoms with Gasteiger partial charge in [0, 0.05) is 11.8 Å². The molecule has 26 heavy (non-hydrogen) atoms. The maximum atomic E-state index is 12.5. The lowest BCUT2D eigenvalue weighted by atomic mass is 10.1. The van der Waals surface area contributed by atoms with E-state index in [2.05, 4.69) is 5.32 Å². The molecule has 0 aliphatic rings. The van der Waals surface area contributed by atoms with Gasteiger partial charge in [0.15, 0.2) is 0 Å². The average Bonchev–Trinajstić information content (AvgIpc) is 2.55. The third-order valence-electron chi connectivity index (χ3n) is 3.96. The molecule has 1 amide bonds. The van der Waals surface area contributed by atoms with E-state index < -0.39 is 15.9 Å². The van der Waals surface area contributed by atoms with Crippen molar-refractivity contribution in [1.82, 2.24) is 0 Å². The van der Waals surface area contributed by atoms with Gasteiger partial charge in [-0.15, -0.1) is 0 Å². The van der Waals surface area contributed by atoms with Gasteiger partial charge in [0.05, 0.1) is 18.6 Å². The molecule has 0 saturated heterocycles. The van der Waals surface area contributed by atoms with Gasteiger partial charge in [0.1, 0.15) is 12.3 Å². The molecule has 6 nitrogen and oxygen atoms in total. The molecule has 0 saturated carbocycles. The number of hydrogen-bond donors (Lipinski definition) is 1. The van der Waals surface area contributed by atoms with Crippen LogP contribution in [0.5, 0.6) is 5.75 Å². The summed E-state index contributed by atoms with van der Waals surface area (Å²) < 4.78 is 31.0. The Kier molecular flexibility index (Phi) is 6.26. The minimum Gasteiger partial charge on any atom is -0.494 e. The third kappa shape index (κ3) is 4.98. The van der Waals surface area contributed by atoms with E-state index in [1.807, 2.05) is 26.8 Å². The monoisotopic (exact) mass is 376 g/mol. The summed E-state index contributed by atoms with van der Waals surface area (Å²) in [5.74, 6) is 0.213. The van der Waals surface area contributed by atoms with Crippen molar-refractivity contribution in [2.75, 3.05) is 29.0 Å². The molecule has 0 heterocycles. The largest absolute Gasteiger partial charge is 0.494 e. The van der Waals surface area contributed by atoms with Crippen molar-refractivity contribution in [3.63, 3.8) is 0 Å². The zero-order valence-corrected chi connectivity index (χ0v) is 16.3. The highest BCUT2D eigenvalue weighted by Gasteiger charge is 2.22. The molecule has 2 aromatic rings. The molecule has 0 bridgehead atoms. The Morgan fingerprint density at radius 1 is 1.15 bits per heavy atom. The summed E-state index contributed by atoms with van der Waals surface area (Å²) in [7, 11) is -3.61. The molecule has 0 spiro atoms. The number of hydrogen-bond acceptors (Lipinski definition) is 4. The number of anilines is 2. The van der Waals surface area contributed by atoms with E-state index in [9.17, 15) is 13.2 Å². The number of amides is 1. The Balaban J connectivity index is 2.23. The standard InChI is InChI=1S/C19H24N2O4S/c1-5-25-17-10-7-9-16(12-17)20-19(22)13-21(26(4,23)24)18-11-6-8-14(2)15(18)3/h6-12H,5,13H2,1-4H3,(H,20,22). The average molecular weight is 376 g/mol. The number of carbonyl (C=O) groups is 1. The lowest BCUT2D eigenvalue weighted by Crippen LogP contribution is -2.38. The van der Waals surface area contributed by atoms with Gasteiger partial charge in [0.25, 0.3) is 0 Å². The van der Waals surface area contributed by atoms with Gasteiger partial charge < -0.3 is 10.1 Å². The Hall–Kier alpha value is -2.54. The van der Waals surface area contributed by atoms with Gasteiger partial charge in [-0.2, -0.15) is 0 Å². The minimum atomic E-state index is -3.61. The molecule has 0 radical (unpaired) electrons.